The normalized spacial score (nSPS) is 21.9. The van der Waals surface area contributed by atoms with Crippen molar-refractivity contribution in [3.8, 4) is 0 Å². The third-order valence-corrected chi connectivity index (χ3v) is 3.95. The van der Waals surface area contributed by atoms with Crippen molar-refractivity contribution < 1.29 is 9.26 Å². The maximum Gasteiger partial charge on any atom is 0.255 e. The number of hydrogen-bond acceptors (Lipinski definition) is 6. The van der Waals surface area contributed by atoms with Crippen LogP contribution >= 0.6 is 0 Å². The summed E-state index contributed by atoms with van der Waals surface area (Å²) in [5.74, 6) is 1.25. The van der Waals surface area contributed by atoms with E-state index in [1.165, 1.54) is 5.56 Å². The maximum atomic E-state index is 5.98. The number of nitrogens with one attached hydrogen (secondary N) is 1. The van der Waals surface area contributed by atoms with Gasteiger partial charge in [0.25, 0.3) is 5.89 Å². The number of nitrogens with zero attached hydrogens (tertiary/aromatic N) is 4. The van der Waals surface area contributed by atoms with Crippen molar-refractivity contribution >= 4 is 0 Å². The molecule has 0 saturated carbocycles. The molecule has 0 radical (unpaired) electrons. The second-order valence-electron chi connectivity index (χ2n) is 7.10. The van der Waals surface area contributed by atoms with Gasteiger partial charge in [-0.05, 0) is 40.5 Å². The van der Waals surface area contributed by atoms with E-state index < -0.39 is 0 Å². The predicted molar refractivity (Wildman–Crippen MR) is 84.8 cm³/mol. The van der Waals surface area contributed by atoms with Crippen LogP contribution in [-0.4, -0.2) is 32.6 Å². The predicted octanol–water partition coefficient (Wildman–Crippen LogP) is 2.34. The number of ether oxygens (including phenoxy) is 1. The van der Waals surface area contributed by atoms with Gasteiger partial charge in [-0.2, -0.15) is 10.1 Å². The molecular weight excluding hydrogens is 294 g/mol. The Kier molecular flexibility index (Phi) is 4.50. The van der Waals surface area contributed by atoms with E-state index in [1.807, 2.05) is 17.8 Å². The van der Waals surface area contributed by atoms with Crippen molar-refractivity contribution in [2.45, 2.75) is 64.8 Å². The van der Waals surface area contributed by atoms with E-state index in [4.69, 9.17) is 9.26 Å². The van der Waals surface area contributed by atoms with Gasteiger partial charge in [0.2, 0.25) is 0 Å². The highest BCUT2D eigenvalue weighted by Crippen LogP contribution is 2.31. The van der Waals surface area contributed by atoms with Gasteiger partial charge >= 0.3 is 0 Å². The summed E-state index contributed by atoms with van der Waals surface area (Å²) in [5.41, 5.74) is 1.20. The molecule has 0 spiro atoms. The van der Waals surface area contributed by atoms with Crippen LogP contribution in [0.1, 0.15) is 57.0 Å². The standard InChI is InChI=1S/C16H25N5O2/c1-11-19-15(23-20-11)14-6-5-13(22-14)9-17-7-12-8-18-21(10-12)16(2,3)4/h8,10,13-14,17H,5-7,9H2,1-4H3/t13-,14+/m1/s1. The minimum atomic E-state index is -0.0633. The van der Waals surface area contributed by atoms with Crippen LogP contribution in [0.5, 0.6) is 0 Å². The molecule has 3 heterocycles. The number of aryl methyl sites for hydroxylation is 1. The zero-order valence-corrected chi connectivity index (χ0v) is 14.2. The molecule has 23 heavy (non-hydrogen) atoms. The largest absolute Gasteiger partial charge is 0.364 e. The molecule has 0 bridgehead atoms. The second kappa shape index (κ2) is 6.41. The molecule has 1 aliphatic heterocycles. The van der Waals surface area contributed by atoms with Gasteiger partial charge in [0, 0.05) is 24.8 Å². The molecule has 0 amide bonds. The third-order valence-electron chi connectivity index (χ3n) is 3.95. The molecule has 0 aliphatic carbocycles. The lowest BCUT2D eigenvalue weighted by Crippen LogP contribution is -2.26. The fraction of sp³-hybridized carbons (Fsp3) is 0.688. The first-order chi connectivity index (χ1) is 10.9. The SMILES string of the molecule is Cc1noc([C@@H]2CC[C@H](CNCc3cnn(C(C)(C)C)c3)O2)n1. The smallest absolute Gasteiger partial charge is 0.255 e. The Balaban J connectivity index is 1.44. The average molecular weight is 319 g/mol. The van der Waals surface area contributed by atoms with Crippen LogP contribution in [-0.2, 0) is 16.8 Å². The monoisotopic (exact) mass is 319 g/mol. The van der Waals surface area contributed by atoms with Crippen LogP contribution in [0.15, 0.2) is 16.9 Å². The molecule has 1 N–H and O–H groups in total. The lowest BCUT2D eigenvalue weighted by molar-refractivity contribution is 0.0264. The summed E-state index contributed by atoms with van der Waals surface area (Å²) in [6.45, 7) is 9.85. The first kappa shape index (κ1) is 16.1. The molecule has 1 aliphatic rings. The van der Waals surface area contributed by atoms with Gasteiger partial charge in [0.1, 0.15) is 6.10 Å². The molecule has 3 rings (SSSR count). The molecule has 7 heteroatoms. The van der Waals surface area contributed by atoms with Crippen LogP contribution in [0.3, 0.4) is 0 Å². The first-order valence-electron chi connectivity index (χ1n) is 8.12. The van der Waals surface area contributed by atoms with Crippen molar-refractivity contribution in [2.24, 2.45) is 0 Å². The van der Waals surface area contributed by atoms with Crippen LogP contribution in [0.25, 0.3) is 0 Å². The van der Waals surface area contributed by atoms with Gasteiger partial charge in [0.15, 0.2) is 5.82 Å². The fourth-order valence-electron chi connectivity index (χ4n) is 2.68. The lowest BCUT2D eigenvalue weighted by atomic mass is 10.1. The molecule has 1 fully saturated rings. The van der Waals surface area contributed by atoms with E-state index in [9.17, 15) is 0 Å². The van der Waals surface area contributed by atoms with Crippen molar-refractivity contribution in [3.63, 3.8) is 0 Å². The number of aromatic nitrogens is 4. The van der Waals surface area contributed by atoms with Crippen molar-refractivity contribution in [3.05, 3.63) is 29.7 Å². The molecule has 2 atom stereocenters. The molecule has 126 valence electrons. The summed E-state index contributed by atoms with van der Waals surface area (Å²) in [5, 5.41) is 11.7. The Morgan fingerprint density at radius 1 is 1.35 bits per heavy atom. The van der Waals surface area contributed by atoms with Crippen LogP contribution in [0.2, 0.25) is 0 Å². The van der Waals surface area contributed by atoms with Gasteiger partial charge in [-0.1, -0.05) is 5.16 Å². The van der Waals surface area contributed by atoms with E-state index in [0.29, 0.717) is 11.7 Å². The minimum absolute atomic E-state index is 0.0161. The molecule has 7 nitrogen and oxygen atoms in total. The quantitative estimate of drug-likeness (QED) is 0.911. The number of rotatable bonds is 5. The topological polar surface area (TPSA) is 78.0 Å². The summed E-state index contributed by atoms with van der Waals surface area (Å²) in [6.07, 6.45) is 6.05. The van der Waals surface area contributed by atoms with E-state index in [0.717, 1.165) is 25.9 Å². The molecule has 2 aromatic rings. The van der Waals surface area contributed by atoms with E-state index in [1.54, 1.807) is 0 Å². The zero-order valence-electron chi connectivity index (χ0n) is 14.2. The van der Waals surface area contributed by atoms with Crippen molar-refractivity contribution in [1.82, 2.24) is 25.2 Å². The zero-order chi connectivity index (χ0) is 16.4. The fourth-order valence-corrected chi connectivity index (χ4v) is 2.68. The summed E-state index contributed by atoms with van der Waals surface area (Å²) < 4.78 is 13.2. The highest BCUT2D eigenvalue weighted by molar-refractivity contribution is 5.05. The second-order valence-corrected chi connectivity index (χ2v) is 7.10. The highest BCUT2D eigenvalue weighted by Gasteiger charge is 2.30. The summed E-state index contributed by atoms with van der Waals surface area (Å²) in [4.78, 5) is 4.25. The van der Waals surface area contributed by atoms with Gasteiger partial charge in [-0.3, -0.25) is 4.68 Å². The van der Waals surface area contributed by atoms with Crippen molar-refractivity contribution in [2.75, 3.05) is 6.54 Å². The highest BCUT2D eigenvalue weighted by atomic mass is 16.5. The molecule has 0 aromatic carbocycles. The lowest BCUT2D eigenvalue weighted by Gasteiger charge is -2.18. The van der Waals surface area contributed by atoms with Crippen LogP contribution in [0, 0.1) is 6.92 Å². The third kappa shape index (κ3) is 3.97. The first-order valence-corrected chi connectivity index (χ1v) is 8.12. The van der Waals surface area contributed by atoms with Crippen LogP contribution < -0.4 is 5.32 Å². The number of hydrogen-bond donors (Lipinski definition) is 1. The Hall–Kier alpha value is -1.73. The minimum Gasteiger partial charge on any atom is -0.364 e. The van der Waals surface area contributed by atoms with Gasteiger partial charge < -0.3 is 14.6 Å². The van der Waals surface area contributed by atoms with E-state index in [-0.39, 0.29) is 17.7 Å². The van der Waals surface area contributed by atoms with E-state index in [2.05, 4.69) is 47.5 Å². The van der Waals surface area contributed by atoms with Crippen LogP contribution in [0.4, 0.5) is 0 Å². The van der Waals surface area contributed by atoms with Gasteiger partial charge in [-0.25, -0.2) is 0 Å². The molecule has 1 saturated heterocycles. The summed E-state index contributed by atoms with van der Waals surface area (Å²) in [7, 11) is 0. The Morgan fingerprint density at radius 3 is 2.83 bits per heavy atom. The molecule has 2 aromatic heterocycles. The molecular formula is C16H25N5O2. The van der Waals surface area contributed by atoms with Gasteiger partial charge in [-0.15, -0.1) is 0 Å². The average Bonchev–Trinajstić information content (AvgIpc) is 3.17. The summed E-state index contributed by atoms with van der Waals surface area (Å²) >= 11 is 0. The maximum absolute atomic E-state index is 5.98. The Labute approximate surface area is 136 Å². The Bertz CT molecular complexity index is 643. The summed E-state index contributed by atoms with van der Waals surface area (Å²) in [6, 6.07) is 0. The van der Waals surface area contributed by atoms with E-state index >= 15 is 0 Å². The van der Waals surface area contributed by atoms with Gasteiger partial charge in [0.05, 0.1) is 17.8 Å². The van der Waals surface area contributed by atoms with Crippen molar-refractivity contribution in [1.29, 1.82) is 0 Å². The Morgan fingerprint density at radius 2 is 2.17 bits per heavy atom. The molecule has 0 unspecified atom stereocenters.